The van der Waals surface area contributed by atoms with Crippen LogP contribution in [0.5, 0.6) is 0 Å². The van der Waals surface area contributed by atoms with Gasteiger partial charge >= 0.3 is 0 Å². The molecule has 0 aliphatic carbocycles. The molecule has 112 valence electrons. The zero-order valence-electron chi connectivity index (χ0n) is 12.1. The fourth-order valence-corrected chi connectivity index (χ4v) is 3.88. The molecule has 2 N–H and O–H groups in total. The first-order chi connectivity index (χ1) is 9.52. The molecule has 0 saturated carbocycles. The summed E-state index contributed by atoms with van der Waals surface area (Å²) in [6.07, 6.45) is 2.49. The number of nitrogens with two attached hydrogens (primary N) is 1. The Morgan fingerprint density at radius 1 is 1.50 bits per heavy atom. The number of likely N-dealkylation sites (N-methyl/N-ethyl adjacent to an activating group) is 1. The molecule has 1 aromatic carbocycles. The van der Waals surface area contributed by atoms with Crippen molar-refractivity contribution in [3.63, 3.8) is 0 Å². The lowest BCUT2D eigenvalue weighted by Gasteiger charge is -2.40. The van der Waals surface area contributed by atoms with Crippen molar-refractivity contribution < 1.29 is 0 Å². The smallest absolute Gasteiger partial charge is 0.0482 e. The van der Waals surface area contributed by atoms with E-state index >= 15 is 0 Å². The van der Waals surface area contributed by atoms with E-state index in [1.807, 2.05) is 12.1 Å². The molecule has 1 aromatic rings. The summed E-state index contributed by atoms with van der Waals surface area (Å²) in [5.74, 6) is 0. The summed E-state index contributed by atoms with van der Waals surface area (Å²) in [5.41, 5.74) is 7.29. The van der Waals surface area contributed by atoms with Gasteiger partial charge in [0.15, 0.2) is 0 Å². The number of likely N-dealkylation sites (tertiary alicyclic amines) is 1. The highest BCUT2D eigenvalue weighted by molar-refractivity contribution is 9.10. The minimum absolute atomic E-state index is 0.254. The molecule has 20 heavy (non-hydrogen) atoms. The van der Waals surface area contributed by atoms with Crippen LogP contribution < -0.4 is 5.73 Å². The quantitative estimate of drug-likeness (QED) is 0.895. The molecule has 1 heterocycles. The van der Waals surface area contributed by atoms with E-state index in [1.54, 1.807) is 0 Å². The van der Waals surface area contributed by atoms with Gasteiger partial charge in [-0.2, -0.15) is 0 Å². The van der Waals surface area contributed by atoms with E-state index in [0.29, 0.717) is 12.6 Å². The molecule has 5 heteroatoms. The average molecular weight is 361 g/mol. The number of benzene rings is 1. The summed E-state index contributed by atoms with van der Waals surface area (Å²) in [7, 11) is 4.31. The number of nitrogens with zero attached hydrogens (tertiary/aromatic N) is 2. The van der Waals surface area contributed by atoms with Crippen LogP contribution in [0.2, 0.25) is 5.02 Å². The maximum absolute atomic E-state index is 6.06. The molecule has 1 aliphatic heterocycles. The van der Waals surface area contributed by atoms with Crippen LogP contribution in [0.3, 0.4) is 0 Å². The number of piperidine rings is 1. The summed E-state index contributed by atoms with van der Waals surface area (Å²) in [6, 6.07) is 6.85. The third-order valence-corrected chi connectivity index (χ3v) is 5.07. The van der Waals surface area contributed by atoms with Gasteiger partial charge in [0, 0.05) is 34.7 Å². The predicted molar refractivity (Wildman–Crippen MR) is 89.2 cm³/mol. The monoisotopic (exact) mass is 359 g/mol. The molecule has 0 spiro atoms. The largest absolute Gasteiger partial charge is 0.329 e. The molecule has 1 saturated heterocycles. The van der Waals surface area contributed by atoms with E-state index in [-0.39, 0.29) is 6.04 Å². The molecule has 2 unspecified atom stereocenters. The molecular formula is C15H23BrClN3. The van der Waals surface area contributed by atoms with E-state index in [2.05, 4.69) is 45.9 Å². The van der Waals surface area contributed by atoms with Gasteiger partial charge in [-0.3, -0.25) is 4.90 Å². The van der Waals surface area contributed by atoms with E-state index in [1.165, 1.54) is 18.4 Å². The lowest BCUT2D eigenvalue weighted by atomic mass is 9.99. The second kappa shape index (κ2) is 7.23. The summed E-state index contributed by atoms with van der Waals surface area (Å²) >= 11 is 9.66. The van der Waals surface area contributed by atoms with Gasteiger partial charge in [-0.15, -0.1) is 0 Å². The standard InChI is InChI=1S/C15H23BrClN3/c1-19(2)12-4-3-7-20(10-12)15(9-18)13-6-5-11(17)8-14(13)16/h5-6,8,12,15H,3-4,7,9-10,18H2,1-2H3. The first kappa shape index (κ1) is 16.2. The Balaban J connectivity index is 2.19. The van der Waals surface area contributed by atoms with Gasteiger partial charge in [0.05, 0.1) is 0 Å². The van der Waals surface area contributed by atoms with E-state index in [4.69, 9.17) is 17.3 Å². The molecule has 0 bridgehead atoms. The van der Waals surface area contributed by atoms with Crippen LogP contribution in [0.25, 0.3) is 0 Å². The van der Waals surface area contributed by atoms with Crippen molar-refractivity contribution in [2.45, 2.75) is 24.9 Å². The van der Waals surface area contributed by atoms with Crippen molar-refractivity contribution >= 4 is 27.5 Å². The van der Waals surface area contributed by atoms with Crippen molar-refractivity contribution in [2.24, 2.45) is 5.73 Å². The lowest BCUT2D eigenvalue weighted by molar-refractivity contribution is 0.0981. The van der Waals surface area contributed by atoms with Crippen LogP contribution in [-0.4, -0.2) is 49.6 Å². The molecule has 2 atom stereocenters. The van der Waals surface area contributed by atoms with Gasteiger partial charge in [0.1, 0.15) is 0 Å². The molecule has 0 radical (unpaired) electrons. The second-order valence-electron chi connectivity index (χ2n) is 5.67. The Morgan fingerprint density at radius 2 is 2.25 bits per heavy atom. The van der Waals surface area contributed by atoms with Crippen molar-refractivity contribution in [1.29, 1.82) is 0 Å². The maximum Gasteiger partial charge on any atom is 0.0482 e. The molecule has 0 amide bonds. The van der Waals surface area contributed by atoms with Crippen LogP contribution in [0.4, 0.5) is 0 Å². The minimum Gasteiger partial charge on any atom is -0.329 e. The van der Waals surface area contributed by atoms with Gasteiger partial charge in [0.25, 0.3) is 0 Å². The van der Waals surface area contributed by atoms with Crippen molar-refractivity contribution in [3.05, 3.63) is 33.3 Å². The fourth-order valence-electron chi connectivity index (χ4n) is 2.93. The molecular weight excluding hydrogens is 338 g/mol. The predicted octanol–water partition coefficient (Wildman–Crippen LogP) is 3.13. The number of halogens is 2. The highest BCUT2D eigenvalue weighted by atomic mass is 79.9. The zero-order valence-corrected chi connectivity index (χ0v) is 14.5. The number of hydrogen-bond donors (Lipinski definition) is 1. The van der Waals surface area contributed by atoms with Gasteiger partial charge < -0.3 is 10.6 Å². The van der Waals surface area contributed by atoms with Crippen LogP contribution in [0, 0.1) is 0 Å². The Bertz CT molecular complexity index is 453. The van der Waals surface area contributed by atoms with Crippen LogP contribution in [0.15, 0.2) is 22.7 Å². The first-order valence-corrected chi connectivity index (χ1v) is 8.25. The van der Waals surface area contributed by atoms with Gasteiger partial charge in [-0.05, 0) is 51.2 Å². The van der Waals surface area contributed by atoms with Gasteiger partial charge in [-0.25, -0.2) is 0 Å². The van der Waals surface area contributed by atoms with Crippen molar-refractivity contribution in [2.75, 3.05) is 33.7 Å². The molecule has 0 aromatic heterocycles. The van der Waals surface area contributed by atoms with Crippen LogP contribution in [-0.2, 0) is 0 Å². The third-order valence-electron chi connectivity index (χ3n) is 4.14. The first-order valence-electron chi connectivity index (χ1n) is 7.08. The minimum atomic E-state index is 0.254. The number of hydrogen-bond acceptors (Lipinski definition) is 3. The summed E-state index contributed by atoms with van der Waals surface area (Å²) < 4.78 is 1.05. The van der Waals surface area contributed by atoms with Gasteiger partial charge in [-0.1, -0.05) is 33.6 Å². The van der Waals surface area contributed by atoms with Crippen LogP contribution >= 0.6 is 27.5 Å². The highest BCUT2D eigenvalue weighted by Gasteiger charge is 2.28. The Kier molecular flexibility index (Phi) is 5.87. The van der Waals surface area contributed by atoms with E-state index in [9.17, 15) is 0 Å². The van der Waals surface area contributed by atoms with E-state index in [0.717, 1.165) is 22.6 Å². The van der Waals surface area contributed by atoms with Crippen molar-refractivity contribution in [1.82, 2.24) is 9.80 Å². The van der Waals surface area contributed by atoms with Crippen molar-refractivity contribution in [3.8, 4) is 0 Å². The molecule has 3 nitrogen and oxygen atoms in total. The Hall–Kier alpha value is -0.130. The van der Waals surface area contributed by atoms with Gasteiger partial charge in [0.2, 0.25) is 0 Å². The Labute approximate surface area is 135 Å². The molecule has 2 rings (SSSR count). The average Bonchev–Trinajstić information content (AvgIpc) is 2.42. The molecule has 1 fully saturated rings. The fraction of sp³-hybridized carbons (Fsp3) is 0.600. The molecule has 1 aliphatic rings. The van der Waals surface area contributed by atoms with Crippen LogP contribution in [0.1, 0.15) is 24.4 Å². The second-order valence-corrected chi connectivity index (χ2v) is 6.96. The highest BCUT2D eigenvalue weighted by Crippen LogP contribution is 2.31. The Morgan fingerprint density at radius 3 is 2.85 bits per heavy atom. The summed E-state index contributed by atoms with van der Waals surface area (Å²) in [6.45, 7) is 2.81. The topological polar surface area (TPSA) is 32.5 Å². The number of rotatable bonds is 4. The SMILES string of the molecule is CN(C)C1CCCN(C(CN)c2ccc(Cl)cc2Br)C1. The zero-order chi connectivity index (χ0) is 14.7. The lowest BCUT2D eigenvalue weighted by Crippen LogP contribution is -2.47. The summed E-state index contributed by atoms with van der Waals surface area (Å²) in [5, 5.41) is 0.751. The third kappa shape index (κ3) is 3.74. The normalized spacial score (nSPS) is 22.2. The summed E-state index contributed by atoms with van der Waals surface area (Å²) in [4.78, 5) is 4.82. The van der Waals surface area contributed by atoms with E-state index < -0.39 is 0 Å². The maximum atomic E-state index is 6.06.